The lowest BCUT2D eigenvalue weighted by Gasteiger charge is -2.55. The summed E-state index contributed by atoms with van der Waals surface area (Å²) in [4.78, 5) is 14.2. The van der Waals surface area contributed by atoms with Crippen LogP contribution in [0.4, 0.5) is 0 Å². The second-order valence-electron chi connectivity index (χ2n) is 19.6. The van der Waals surface area contributed by atoms with Gasteiger partial charge in [-0.25, -0.2) is 0 Å². The van der Waals surface area contributed by atoms with Crippen molar-refractivity contribution in [2.75, 3.05) is 26.8 Å². The Morgan fingerprint density at radius 1 is 0.885 bits per heavy atom. The molecule has 1 unspecified atom stereocenters. The third-order valence-corrected chi connectivity index (χ3v) is 21.4. The third-order valence-electron chi connectivity index (χ3n) is 13.7. The number of carbonyl (C=O) groups excluding carboxylic acids is 1. The van der Waals surface area contributed by atoms with E-state index in [9.17, 15) is 4.79 Å². The van der Waals surface area contributed by atoms with Crippen molar-refractivity contribution in [2.45, 2.75) is 173 Å². The first-order valence-electron chi connectivity index (χ1n) is 20.2. The zero-order chi connectivity index (χ0) is 38.4. The third kappa shape index (κ3) is 7.36. The molecule has 0 N–H and O–H groups in total. The molecule has 10 heteroatoms. The van der Waals surface area contributed by atoms with E-state index in [4.69, 9.17) is 32.8 Å². The summed E-state index contributed by atoms with van der Waals surface area (Å²) >= 11 is 0. The van der Waals surface area contributed by atoms with E-state index in [0.717, 1.165) is 43.6 Å². The summed E-state index contributed by atoms with van der Waals surface area (Å²) in [5, 5.41) is 0. The second kappa shape index (κ2) is 15.5. The van der Waals surface area contributed by atoms with Gasteiger partial charge >= 0.3 is 0 Å². The summed E-state index contributed by atoms with van der Waals surface area (Å²) in [6, 6.07) is 11.2. The molecule has 0 amide bonds. The lowest BCUT2D eigenvalue weighted by atomic mass is 9.63. The van der Waals surface area contributed by atoms with Crippen LogP contribution in [0.3, 0.4) is 0 Å². The molecule has 1 heterocycles. The van der Waals surface area contributed by atoms with Crippen molar-refractivity contribution in [3.63, 3.8) is 0 Å². The van der Waals surface area contributed by atoms with Gasteiger partial charge in [0.25, 0.3) is 0 Å². The zero-order valence-electron chi connectivity index (χ0n) is 34.8. The molecule has 52 heavy (non-hydrogen) atoms. The van der Waals surface area contributed by atoms with Crippen LogP contribution in [-0.4, -0.2) is 78.7 Å². The van der Waals surface area contributed by atoms with Crippen molar-refractivity contribution in [3.8, 4) is 0 Å². The molecule has 2 bridgehead atoms. The van der Waals surface area contributed by atoms with Crippen molar-refractivity contribution in [2.24, 2.45) is 22.7 Å². The highest BCUT2D eigenvalue weighted by atomic mass is 28.4. The normalized spacial score (nSPS) is 33.8. The average molecular weight is 761 g/mol. The lowest BCUT2D eigenvalue weighted by Crippen LogP contribution is -2.62. The maximum absolute atomic E-state index is 14.2. The van der Waals surface area contributed by atoms with E-state index >= 15 is 0 Å². The van der Waals surface area contributed by atoms with Crippen LogP contribution in [-0.2, 0) is 44.2 Å². The van der Waals surface area contributed by atoms with Gasteiger partial charge in [0, 0.05) is 38.5 Å². The van der Waals surface area contributed by atoms with Gasteiger partial charge < -0.3 is 37.6 Å². The molecular formula is C42H72O8Si2. The Hall–Kier alpha value is -0.956. The highest BCUT2D eigenvalue weighted by Gasteiger charge is 2.84. The van der Waals surface area contributed by atoms with Crippen molar-refractivity contribution in [1.29, 1.82) is 0 Å². The topological polar surface area (TPSA) is 81.7 Å². The van der Waals surface area contributed by atoms with Gasteiger partial charge in [-0.15, -0.1) is 0 Å². The summed E-state index contributed by atoms with van der Waals surface area (Å²) in [6.07, 6.45) is 3.88. The first kappa shape index (κ1) is 42.2. The number of hydrogen-bond donors (Lipinski definition) is 0. The van der Waals surface area contributed by atoms with Gasteiger partial charge in [0.2, 0.25) is 0 Å². The molecule has 3 aliphatic carbocycles. The van der Waals surface area contributed by atoms with Crippen LogP contribution in [0.15, 0.2) is 30.3 Å². The predicted molar refractivity (Wildman–Crippen MR) is 211 cm³/mol. The molecule has 1 saturated heterocycles. The van der Waals surface area contributed by atoms with Crippen molar-refractivity contribution in [1.82, 2.24) is 0 Å². The van der Waals surface area contributed by atoms with Gasteiger partial charge in [-0.3, -0.25) is 0 Å². The summed E-state index contributed by atoms with van der Waals surface area (Å²) in [5.74, 6) is -0.822. The molecule has 0 aromatic heterocycles. The minimum atomic E-state index is -2.36. The maximum atomic E-state index is 14.2. The maximum Gasteiger partial charge on any atom is 0.200 e. The minimum Gasteiger partial charge on any atom is -0.415 e. The van der Waals surface area contributed by atoms with Gasteiger partial charge in [-0.1, -0.05) is 91.5 Å². The summed E-state index contributed by atoms with van der Waals surface area (Å²) in [7, 11) is -3.66. The minimum absolute atomic E-state index is 0.00242. The van der Waals surface area contributed by atoms with E-state index in [1.807, 2.05) is 44.2 Å². The predicted octanol–water partition coefficient (Wildman–Crippen LogP) is 9.74. The molecule has 4 fully saturated rings. The average Bonchev–Trinajstić information content (AvgIpc) is 3.62. The quantitative estimate of drug-likeness (QED) is 0.0634. The molecule has 1 aromatic carbocycles. The fraction of sp³-hybridized carbons (Fsp3) is 0.833. The van der Waals surface area contributed by atoms with Gasteiger partial charge in [-0.05, 0) is 81.6 Å². The molecular weight excluding hydrogens is 689 g/mol. The molecule has 7 atom stereocenters. The molecule has 4 aliphatic rings. The van der Waals surface area contributed by atoms with Crippen molar-refractivity contribution < 1.29 is 37.6 Å². The molecule has 3 saturated carbocycles. The number of fused-ring (bicyclic) bond motifs is 5. The number of ether oxygens (including phenoxy) is 6. The van der Waals surface area contributed by atoms with Crippen LogP contribution in [0, 0.1) is 22.7 Å². The molecule has 1 aliphatic heterocycles. The highest BCUT2D eigenvalue weighted by molar-refractivity contribution is 6.77. The first-order chi connectivity index (χ1) is 24.2. The van der Waals surface area contributed by atoms with Crippen LogP contribution >= 0.6 is 0 Å². The SMILES string of the molecule is CC(C)[Si](OC[C@@]12CC[C@@H]([C@]3(CC[C@@H]4[C@H]3OC(C)(C)OC4(C)C)C1OCOCC[Si](C)(C)C)[C@@]2(C=O)OCOCc1ccccc1)(C(C)C)C(C)C. The molecule has 5 rings (SSSR count). The Bertz CT molecular complexity index is 1320. The van der Waals surface area contributed by atoms with Gasteiger partial charge in [0.05, 0.1) is 29.8 Å². The zero-order valence-corrected chi connectivity index (χ0v) is 36.8. The van der Waals surface area contributed by atoms with Crippen LogP contribution in [0.25, 0.3) is 0 Å². The van der Waals surface area contributed by atoms with Crippen LogP contribution < -0.4 is 0 Å². The molecule has 0 radical (unpaired) electrons. The van der Waals surface area contributed by atoms with E-state index in [1.165, 1.54) is 0 Å². The largest absolute Gasteiger partial charge is 0.415 e. The van der Waals surface area contributed by atoms with Crippen molar-refractivity contribution in [3.05, 3.63) is 35.9 Å². The Morgan fingerprint density at radius 3 is 2.13 bits per heavy atom. The summed E-state index contributed by atoms with van der Waals surface area (Å²) < 4.78 is 48.0. The van der Waals surface area contributed by atoms with Crippen molar-refractivity contribution >= 4 is 22.7 Å². The highest BCUT2D eigenvalue weighted by Crippen LogP contribution is 2.76. The number of benzene rings is 1. The fourth-order valence-corrected chi connectivity index (χ4v) is 18.0. The molecule has 8 nitrogen and oxygen atoms in total. The number of hydrogen-bond acceptors (Lipinski definition) is 8. The Labute approximate surface area is 317 Å². The van der Waals surface area contributed by atoms with E-state index in [-0.39, 0.29) is 37.6 Å². The number of carbonyl (C=O) groups is 1. The van der Waals surface area contributed by atoms with E-state index < -0.39 is 44.2 Å². The first-order valence-corrected chi connectivity index (χ1v) is 26.0. The van der Waals surface area contributed by atoms with E-state index in [0.29, 0.717) is 36.4 Å². The number of rotatable bonds is 18. The fourth-order valence-electron chi connectivity index (χ4n) is 11.8. The Kier molecular flexibility index (Phi) is 12.6. The molecule has 296 valence electrons. The molecule has 1 aromatic rings. The Balaban J connectivity index is 1.60. The summed E-state index contributed by atoms with van der Waals surface area (Å²) in [5.41, 5.74) is -0.661. The Morgan fingerprint density at radius 2 is 1.54 bits per heavy atom. The lowest BCUT2D eigenvalue weighted by molar-refractivity contribution is -0.365. The van der Waals surface area contributed by atoms with E-state index in [2.05, 4.69) is 75.0 Å². The molecule has 1 spiro atoms. The van der Waals surface area contributed by atoms with Crippen LogP contribution in [0.5, 0.6) is 0 Å². The smallest absolute Gasteiger partial charge is 0.200 e. The number of aldehydes is 1. The van der Waals surface area contributed by atoms with Gasteiger partial charge in [0.1, 0.15) is 19.2 Å². The van der Waals surface area contributed by atoms with Crippen LogP contribution in [0.2, 0.25) is 42.3 Å². The standard InChI is InChI=1S/C42H72O8Si2/c1-30(2)52(31(3)4,32(5)6)48-27-40-21-20-35(42(40,26-43)47-29-45-25-33-17-15-14-16-18-33)41(37(40)46-28-44-23-24-51(11,12)13)22-19-34-36(41)49-39(9,10)50-38(34,7)8/h14-18,26,30-32,34-37H,19-25,27-29H2,1-13H3/t34-,35+,36-,37?,40+,41+,42-/m1/s1. The summed E-state index contributed by atoms with van der Waals surface area (Å²) in [6.45, 7) is 31.1. The second-order valence-corrected chi connectivity index (χ2v) is 30.7. The van der Waals surface area contributed by atoms with Gasteiger partial charge in [-0.2, -0.15) is 0 Å². The van der Waals surface area contributed by atoms with Crippen LogP contribution in [0.1, 0.15) is 100 Å². The van der Waals surface area contributed by atoms with Gasteiger partial charge in [0.15, 0.2) is 20.4 Å². The monoisotopic (exact) mass is 760 g/mol. The van der Waals surface area contributed by atoms with E-state index in [1.54, 1.807) is 0 Å².